The molecule has 1 aromatic heterocycles. The first-order valence-corrected chi connectivity index (χ1v) is 8.79. The van der Waals surface area contributed by atoms with Crippen LogP contribution in [-0.2, 0) is 12.8 Å². The molecule has 2 aromatic rings. The van der Waals surface area contributed by atoms with Gasteiger partial charge < -0.3 is 26.7 Å². The van der Waals surface area contributed by atoms with Gasteiger partial charge in [0.2, 0.25) is 0 Å². The second kappa shape index (κ2) is 8.33. The molecule has 26 heavy (non-hydrogen) atoms. The van der Waals surface area contributed by atoms with Gasteiger partial charge in [0.15, 0.2) is 0 Å². The summed E-state index contributed by atoms with van der Waals surface area (Å²) >= 11 is 0. The zero-order valence-electron chi connectivity index (χ0n) is 14.9. The van der Waals surface area contributed by atoms with Crippen LogP contribution in [0.5, 0.6) is 0 Å². The zero-order valence-corrected chi connectivity index (χ0v) is 14.9. The minimum absolute atomic E-state index is 0.269. The van der Waals surface area contributed by atoms with Crippen molar-refractivity contribution in [2.75, 3.05) is 36.1 Å². The van der Waals surface area contributed by atoms with Gasteiger partial charge in [-0.05, 0) is 42.7 Å². The Morgan fingerprint density at radius 2 is 2.23 bits per heavy atom. The lowest BCUT2D eigenvalue weighted by Crippen LogP contribution is -2.30. The summed E-state index contributed by atoms with van der Waals surface area (Å²) in [5, 5.41) is 19.4. The number of hydrogen-bond donors (Lipinski definition) is 5. The molecule has 3 rings (SSSR count). The molecule has 136 valence electrons. The summed E-state index contributed by atoms with van der Waals surface area (Å²) in [6.45, 7) is 1.47. The fourth-order valence-electron chi connectivity index (χ4n) is 2.98. The van der Waals surface area contributed by atoms with Gasteiger partial charge in [0.1, 0.15) is 5.82 Å². The van der Waals surface area contributed by atoms with E-state index in [0.717, 1.165) is 42.1 Å². The lowest BCUT2D eigenvalue weighted by atomic mass is 10.1. The maximum atomic E-state index is 12.1. The lowest BCUT2D eigenvalue weighted by molar-refractivity contribution is 0.252. The van der Waals surface area contributed by atoms with Gasteiger partial charge in [-0.1, -0.05) is 6.07 Å². The van der Waals surface area contributed by atoms with Gasteiger partial charge in [-0.15, -0.1) is 0 Å². The van der Waals surface area contributed by atoms with E-state index in [-0.39, 0.29) is 6.03 Å². The first kappa shape index (κ1) is 17.7. The first-order valence-electron chi connectivity index (χ1n) is 8.79. The van der Waals surface area contributed by atoms with Crippen LogP contribution in [0.15, 0.2) is 30.3 Å². The van der Waals surface area contributed by atoms with Crippen molar-refractivity contribution in [3.8, 4) is 0 Å². The molecule has 0 aliphatic carbocycles. The molecule has 5 N–H and O–H groups in total. The molecule has 2 amide bonds. The van der Waals surface area contributed by atoms with Crippen molar-refractivity contribution in [3.05, 3.63) is 47.2 Å². The number of amides is 2. The summed E-state index contributed by atoms with van der Waals surface area (Å²) in [6, 6.07) is 9.27. The van der Waals surface area contributed by atoms with Gasteiger partial charge in [0, 0.05) is 55.4 Å². The number of carbonyl (C=O) groups is 1. The van der Waals surface area contributed by atoms with Crippen LogP contribution in [0, 0.1) is 5.41 Å². The fourth-order valence-corrected chi connectivity index (χ4v) is 2.98. The van der Waals surface area contributed by atoms with Gasteiger partial charge in [0.25, 0.3) is 0 Å². The third kappa shape index (κ3) is 4.30. The van der Waals surface area contributed by atoms with E-state index in [1.54, 1.807) is 19.2 Å². The van der Waals surface area contributed by atoms with Gasteiger partial charge in [-0.2, -0.15) is 0 Å². The molecule has 7 nitrogen and oxygen atoms in total. The van der Waals surface area contributed by atoms with E-state index < -0.39 is 0 Å². The number of pyridine rings is 1. The average molecular weight is 352 g/mol. The van der Waals surface area contributed by atoms with Crippen LogP contribution in [0.4, 0.5) is 22.0 Å². The van der Waals surface area contributed by atoms with Crippen molar-refractivity contribution in [3.63, 3.8) is 0 Å². The van der Waals surface area contributed by atoms with E-state index in [1.165, 1.54) is 11.8 Å². The number of nitrogens with zero attached hydrogens (tertiary/aromatic N) is 1. The molecule has 0 saturated heterocycles. The van der Waals surface area contributed by atoms with E-state index >= 15 is 0 Å². The van der Waals surface area contributed by atoms with Crippen molar-refractivity contribution in [1.29, 1.82) is 5.41 Å². The molecular formula is C19H24N6O. The van der Waals surface area contributed by atoms with Crippen LogP contribution in [0.3, 0.4) is 0 Å². The predicted molar refractivity (Wildman–Crippen MR) is 106 cm³/mol. The summed E-state index contributed by atoms with van der Waals surface area (Å²) in [4.78, 5) is 16.7. The van der Waals surface area contributed by atoms with E-state index in [1.807, 2.05) is 12.1 Å². The molecule has 0 saturated carbocycles. The normalized spacial score (nSPS) is 12.5. The summed E-state index contributed by atoms with van der Waals surface area (Å²) in [5.41, 5.74) is 4.44. The number of aryl methyl sites for hydroxylation is 1. The topological polar surface area (TPSA) is 102 Å². The maximum absolute atomic E-state index is 12.1. The van der Waals surface area contributed by atoms with Crippen LogP contribution in [-0.4, -0.2) is 37.4 Å². The molecular weight excluding hydrogens is 328 g/mol. The standard InChI is InChI=1S/C19H24N6O/c1-21-17-7-6-16(11-14(17)12-20)25-19(26)23-10-8-15-5-4-13-3-2-9-22-18(13)24-15/h4-7,11-12,20-21H,2-3,8-10H2,1H3,(H,22,24)(H2,23,25,26). The highest BCUT2D eigenvalue weighted by Crippen LogP contribution is 2.20. The fraction of sp³-hybridized carbons (Fsp3) is 0.316. The first-order chi connectivity index (χ1) is 12.7. The number of rotatable bonds is 6. The van der Waals surface area contributed by atoms with Gasteiger partial charge in [0.05, 0.1) is 0 Å². The Hall–Kier alpha value is -3.09. The molecule has 7 heteroatoms. The van der Waals surface area contributed by atoms with E-state index in [4.69, 9.17) is 5.41 Å². The van der Waals surface area contributed by atoms with Crippen molar-refractivity contribution in [2.45, 2.75) is 19.3 Å². The van der Waals surface area contributed by atoms with Crippen LogP contribution in [0.25, 0.3) is 0 Å². The molecule has 0 unspecified atom stereocenters. The molecule has 2 heterocycles. The monoisotopic (exact) mass is 352 g/mol. The van der Waals surface area contributed by atoms with E-state index in [0.29, 0.717) is 18.7 Å². The SMILES string of the molecule is CNc1ccc(NC(=O)NCCc2ccc3c(n2)NCCC3)cc1C=N. The lowest BCUT2D eigenvalue weighted by Gasteiger charge is -2.17. The Kier molecular flexibility index (Phi) is 5.68. The molecule has 1 aliphatic rings. The molecule has 0 radical (unpaired) electrons. The molecule has 0 spiro atoms. The second-order valence-corrected chi connectivity index (χ2v) is 6.17. The Bertz CT molecular complexity index is 805. The van der Waals surface area contributed by atoms with Crippen molar-refractivity contribution in [1.82, 2.24) is 10.3 Å². The summed E-state index contributed by atoms with van der Waals surface area (Å²) < 4.78 is 0. The second-order valence-electron chi connectivity index (χ2n) is 6.17. The highest BCUT2D eigenvalue weighted by molar-refractivity contribution is 5.93. The minimum atomic E-state index is -0.269. The van der Waals surface area contributed by atoms with E-state index in [9.17, 15) is 4.79 Å². The molecule has 0 fully saturated rings. The molecule has 0 bridgehead atoms. The molecule has 0 atom stereocenters. The third-order valence-electron chi connectivity index (χ3n) is 4.35. The van der Waals surface area contributed by atoms with Crippen molar-refractivity contribution < 1.29 is 4.79 Å². The average Bonchev–Trinajstić information content (AvgIpc) is 2.67. The maximum Gasteiger partial charge on any atom is 0.319 e. The van der Waals surface area contributed by atoms with Crippen LogP contribution < -0.4 is 21.3 Å². The Morgan fingerprint density at radius 3 is 3.04 bits per heavy atom. The van der Waals surface area contributed by atoms with Crippen LogP contribution >= 0.6 is 0 Å². The van der Waals surface area contributed by atoms with Gasteiger partial charge in [-0.25, -0.2) is 9.78 Å². The Balaban J connectivity index is 1.51. The summed E-state index contributed by atoms with van der Waals surface area (Å²) in [7, 11) is 1.80. The molecule has 1 aliphatic heterocycles. The Morgan fingerprint density at radius 1 is 1.35 bits per heavy atom. The van der Waals surface area contributed by atoms with Gasteiger partial charge in [-0.3, -0.25) is 0 Å². The van der Waals surface area contributed by atoms with Crippen molar-refractivity contribution in [2.24, 2.45) is 0 Å². The number of nitrogens with one attached hydrogen (secondary N) is 5. The smallest absolute Gasteiger partial charge is 0.319 e. The quantitative estimate of drug-likeness (QED) is 0.516. The number of fused-ring (bicyclic) bond motifs is 1. The number of anilines is 3. The van der Waals surface area contributed by atoms with Crippen molar-refractivity contribution >= 4 is 29.4 Å². The van der Waals surface area contributed by atoms with E-state index in [2.05, 4.69) is 32.3 Å². The van der Waals surface area contributed by atoms with Crippen LogP contribution in [0.2, 0.25) is 0 Å². The Labute approximate surface area is 153 Å². The summed E-state index contributed by atoms with van der Waals surface area (Å²) in [6.07, 6.45) is 4.14. The summed E-state index contributed by atoms with van der Waals surface area (Å²) in [5.74, 6) is 0.974. The number of urea groups is 1. The number of aromatic nitrogens is 1. The molecule has 1 aromatic carbocycles. The van der Waals surface area contributed by atoms with Crippen LogP contribution in [0.1, 0.15) is 23.2 Å². The zero-order chi connectivity index (χ0) is 18.4. The third-order valence-corrected chi connectivity index (χ3v) is 4.35. The number of benzene rings is 1. The highest BCUT2D eigenvalue weighted by atomic mass is 16.2. The number of hydrogen-bond acceptors (Lipinski definition) is 5. The van der Waals surface area contributed by atoms with Gasteiger partial charge >= 0.3 is 6.03 Å². The predicted octanol–water partition coefficient (Wildman–Crippen LogP) is 2.84. The largest absolute Gasteiger partial charge is 0.388 e. The number of carbonyl (C=O) groups excluding carboxylic acids is 1. The minimum Gasteiger partial charge on any atom is -0.388 e. The highest BCUT2D eigenvalue weighted by Gasteiger charge is 2.10.